The average Bonchev–Trinajstić information content (AvgIpc) is 2.51. The number of phenols is 2. The molecular formula is C17H16F6O2S2. The highest BCUT2D eigenvalue weighted by Gasteiger charge is 2.29. The number of thioether (sulfide) groups is 2. The van der Waals surface area contributed by atoms with Gasteiger partial charge in [-0.3, -0.25) is 0 Å². The normalized spacial score (nSPS) is 11.7. The first-order chi connectivity index (χ1) is 12.4. The van der Waals surface area contributed by atoms with Gasteiger partial charge in [0.15, 0.2) is 0 Å². The van der Waals surface area contributed by atoms with Crippen LogP contribution in [0.15, 0.2) is 52.3 Å². The Bertz CT molecular complexity index is 715. The van der Waals surface area contributed by atoms with Crippen molar-refractivity contribution in [1.82, 2.24) is 0 Å². The van der Waals surface area contributed by atoms with Crippen molar-refractivity contribution in [3.8, 4) is 11.5 Å². The minimum Gasteiger partial charge on any atom is -0.508 e. The summed E-state index contributed by atoms with van der Waals surface area (Å²) in [5.74, 6) is 0.0184. The number of aromatic hydroxyl groups is 2. The van der Waals surface area contributed by atoms with Crippen LogP contribution in [0.4, 0.5) is 26.3 Å². The van der Waals surface area contributed by atoms with Gasteiger partial charge in [-0.15, -0.1) is 0 Å². The quantitative estimate of drug-likeness (QED) is 0.406. The summed E-state index contributed by atoms with van der Waals surface area (Å²) in [6.07, 6.45) is 1.37. The second-order valence-corrected chi connectivity index (χ2v) is 7.41. The van der Waals surface area contributed by atoms with Crippen LogP contribution in [0.5, 0.6) is 11.5 Å². The first kappa shape index (κ1) is 23.4. The van der Waals surface area contributed by atoms with Gasteiger partial charge in [0.05, 0.1) is 0 Å². The van der Waals surface area contributed by atoms with E-state index in [1.807, 2.05) is 6.92 Å². The summed E-state index contributed by atoms with van der Waals surface area (Å²) in [6.45, 7) is 1.91. The van der Waals surface area contributed by atoms with Gasteiger partial charge in [-0.05, 0) is 78.0 Å². The number of aryl methyl sites for hydroxylation is 1. The Morgan fingerprint density at radius 3 is 1.74 bits per heavy atom. The highest BCUT2D eigenvalue weighted by atomic mass is 32.2. The molecule has 2 rings (SSSR count). The topological polar surface area (TPSA) is 40.5 Å². The van der Waals surface area contributed by atoms with E-state index in [2.05, 4.69) is 0 Å². The van der Waals surface area contributed by atoms with Crippen molar-refractivity contribution in [2.75, 3.05) is 0 Å². The Kier molecular flexibility index (Phi) is 8.67. The van der Waals surface area contributed by atoms with Gasteiger partial charge in [-0.25, -0.2) is 0 Å². The summed E-state index contributed by atoms with van der Waals surface area (Å²) >= 11 is -0.363. The van der Waals surface area contributed by atoms with E-state index in [4.69, 9.17) is 5.11 Å². The van der Waals surface area contributed by atoms with Gasteiger partial charge in [-0.2, -0.15) is 26.3 Å². The number of phenolic OH excluding ortho intramolecular Hbond substituents is 2. The van der Waals surface area contributed by atoms with E-state index in [1.54, 1.807) is 0 Å². The number of halogens is 6. The molecule has 2 nitrogen and oxygen atoms in total. The third-order valence-electron chi connectivity index (χ3n) is 2.87. The second-order valence-electron chi connectivity index (χ2n) is 5.13. The highest BCUT2D eigenvalue weighted by molar-refractivity contribution is 8.00. The molecule has 2 aromatic rings. The summed E-state index contributed by atoms with van der Waals surface area (Å²) in [5, 5.41) is 18.1. The fourth-order valence-corrected chi connectivity index (χ4v) is 3.02. The van der Waals surface area contributed by atoms with Crippen molar-refractivity contribution in [3.05, 3.63) is 48.0 Å². The zero-order chi connectivity index (χ0) is 20.7. The molecule has 0 fully saturated rings. The maximum atomic E-state index is 12.1. The highest BCUT2D eigenvalue weighted by Crippen LogP contribution is 2.38. The zero-order valence-electron chi connectivity index (χ0n) is 13.9. The molecule has 27 heavy (non-hydrogen) atoms. The molecule has 0 unspecified atom stereocenters. The standard InChI is InChI=1S/C10H11F3OS.C7H5F3OS/c1-2-3-7-6-8(4-5-9(7)14)15-10(11,12)13;8-7(9,10)12-6-3-1-5(11)2-4-6/h4-6,14H,2-3H2,1H3;1-4,11H. The van der Waals surface area contributed by atoms with Crippen LogP contribution in [0.2, 0.25) is 0 Å². The monoisotopic (exact) mass is 430 g/mol. The molecular weight excluding hydrogens is 414 g/mol. The van der Waals surface area contributed by atoms with Crippen molar-refractivity contribution >= 4 is 23.5 Å². The van der Waals surface area contributed by atoms with Crippen molar-refractivity contribution in [2.24, 2.45) is 0 Å². The van der Waals surface area contributed by atoms with Crippen LogP contribution >= 0.6 is 23.5 Å². The van der Waals surface area contributed by atoms with Gasteiger partial charge in [0.1, 0.15) is 11.5 Å². The van der Waals surface area contributed by atoms with Gasteiger partial charge < -0.3 is 10.2 Å². The number of hydrogen-bond donors (Lipinski definition) is 2. The van der Waals surface area contributed by atoms with Crippen molar-refractivity contribution in [3.63, 3.8) is 0 Å². The predicted octanol–water partition coefficient (Wildman–Crippen LogP) is 6.96. The fourth-order valence-electron chi connectivity index (χ4n) is 1.88. The predicted molar refractivity (Wildman–Crippen MR) is 94.0 cm³/mol. The third-order valence-corrected chi connectivity index (χ3v) is 4.33. The summed E-state index contributed by atoms with van der Waals surface area (Å²) in [4.78, 5) is 0.184. The molecule has 150 valence electrons. The molecule has 0 atom stereocenters. The molecule has 0 amide bonds. The van der Waals surface area contributed by atoms with E-state index >= 15 is 0 Å². The SMILES string of the molecule is CCCc1cc(SC(F)(F)F)ccc1O.Oc1ccc(SC(F)(F)F)cc1. The van der Waals surface area contributed by atoms with Crippen LogP contribution in [-0.4, -0.2) is 21.2 Å². The van der Waals surface area contributed by atoms with E-state index in [0.29, 0.717) is 12.0 Å². The summed E-state index contributed by atoms with van der Waals surface area (Å²) < 4.78 is 71.4. The molecule has 0 heterocycles. The Morgan fingerprint density at radius 2 is 1.26 bits per heavy atom. The maximum Gasteiger partial charge on any atom is 0.446 e. The molecule has 0 aliphatic carbocycles. The fraction of sp³-hybridized carbons (Fsp3) is 0.294. The first-order valence-corrected chi connectivity index (χ1v) is 9.15. The summed E-state index contributed by atoms with van der Waals surface area (Å²) in [7, 11) is 0. The molecule has 0 saturated heterocycles. The molecule has 2 aromatic carbocycles. The Hall–Kier alpha value is -1.68. The lowest BCUT2D eigenvalue weighted by Crippen LogP contribution is -1.99. The Morgan fingerprint density at radius 1 is 0.778 bits per heavy atom. The molecule has 0 aliphatic heterocycles. The van der Waals surface area contributed by atoms with Crippen molar-refractivity contribution in [1.29, 1.82) is 0 Å². The third kappa shape index (κ3) is 10.3. The molecule has 0 saturated carbocycles. The second kappa shape index (κ2) is 10.0. The summed E-state index contributed by atoms with van der Waals surface area (Å²) in [6, 6.07) is 8.83. The average molecular weight is 430 g/mol. The largest absolute Gasteiger partial charge is 0.508 e. The van der Waals surface area contributed by atoms with Gasteiger partial charge >= 0.3 is 11.0 Å². The van der Waals surface area contributed by atoms with Gasteiger partial charge in [0.2, 0.25) is 0 Å². The Labute approximate surface area is 160 Å². The molecule has 10 heteroatoms. The van der Waals surface area contributed by atoms with Gasteiger partial charge in [0, 0.05) is 9.79 Å². The van der Waals surface area contributed by atoms with Crippen LogP contribution in [-0.2, 0) is 6.42 Å². The van der Waals surface area contributed by atoms with Crippen LogP contribution in [0.25, 0.3) is 0 Å². The summed E-state index contributed by atoms with van der Waals surface area (Å²) in [5.41, 5.74) is -7.98. The van der Waals surface area contributed by atoms with E-state index in [0.717, 1.165) is 6.42 Å². The van der Waals surface area contributed by atoms with Crippen molar-refractivity contribution in [2.45, 2.75) is 40.6 Å². The first-order valence-electron chi connectivity index (χ1n) is 7.52. The molecule has 0 aliphatic rings. The maximum absolute atomic E-state index is 12.1. The number of benzene rings is 2. The van der Waals surface area contributed by atoms with Crippen LogP contribution in [0.3, 0.4) is 0 Å². The molecule has 0 aromatic heterocycles. The lowest BCUT2D eigenvalue weighted by atomic mass is 10.1. The zero-order valence-corrected chi connectivity index (χ0v) is 15.6. The lowest BCUT2D eigenvalue weighted by Gasteiger charge is -2.08. The molecule has 0 bridgehead atoms. The van der Waals surface area contributed by atoms with Crippen molar-refractivity contribution < 1.29 is 36.6 Å². The van der Waals surface area contributed by atoms with E-state index in [1.165, 1.54) is 42.5 Å². The van der Waals surface area contributed by atoms with E-state index in [-0.39, 0.29) is 44.8 Å². The number of alkyl halides is 6. The molecule has 2 N–H and O–H groups in total. The Balaban J connectivity index is 0.000000277. The van der Waals surface area contributed by atoms with Crippen LogP contribution in [0, 0.1) is 0 Å². The smallest absolute Gasteiger partial charge is 0.446 e. The van der Waals surface area contributed by atoms with E-state index < -0.39 is 11.0 Å². The number of hydrogen-bond acceptors (Lipinski definition) is 4. The molecule has 0 radical (unpaired) electrons. The minimum atomic E-state index is -4.28. The van der Waals surface area contributed by atoms with Crippen LogP contribution < -0.4 is 0 Å². The van der Waals surface area contributed by atoms with Gasteiger partial charge in [-0.1, -0.05) is 13.3 Å². The van der Waals surface area contributed by atoms with Crippen LogP contribution in [0.1, 0.15) is 18.9 Å². The lowest BCUT2D eigenvalue weighted by molar-refractivity contribution is -0.0337. The van der Waals surface area contributed by atoms with Gasteiger partial charge in [0.25, 0.3) is 0 Å². The minimum absolute atomic E-state index is 0.0403. The number of rotatable bonds is 4. The van der Waals surface area contributed by atoms with E-state index in [9.17, 15) is 31.4 Å². The molecule has 0 spiro atoms.